The summed E-state index contributed by atoms with van der Waals surface area (Å²) in [5.74, 6) is 1.67. The molecule has 1 aliphatic heterocycles. The molecule has 3 rings (SSSR count). The van der Waals surface area contributed by atoms with Crippen molar-refractivity contribution in [2.24, 2.45) is 12.0 Å². The molecule has 1 N–H and O–H groups in total. The van der Waals surface area contributed by atoms with E-state index in [-0.39, 0.29) is 29.9 Å². The van der Waals surface area contributed by atoms with Crippen molar-refractivity contribution in [3.8, 4) is 5.75 Å². The molecule has 0 bridgehead atoms. The first-order valence-corrected chi connectivity index (χ1v) is 10.6. The van der Waals surface area contributed by atoms with E-state index in [4.69, 9.17) is 9.47 Å². The molecule has 10 heteroatoms. The number of amides is 1. The van der Waals surface area contributed by atoms with Gasteiger partial charge in [0.1, 0.15) is 12.3 Å². The van der Waals surface area contributed by atoms with Crippen LogP contribution >= 0.6 is 24.0 Å². The molecule has 0 radical (unpaired) electrons. The highest BCUT2D eigenvalue weighted by molar-refractivity contribution is 14.0. The molecule has 1 fully saturated rings. The SMILES string of the molecule is CCNC(=NCCCOCc1ccc(OC)cc1)N1CCN(c2cnn(C)c2)C(=O)C1.I. The molecule has 0 unspecified atom stereocenters. The first-order chi connectivity index (χ1) is 15.1. The van der Waals surface area contributed by atoms with Crippen LogP contribution in [0.2, 0.25) is 0 Å². The standard InChI is InChI=1S/C22H32N6O3.HI/c1-4-23-22(24-10-5-13-31-17-18-6-8-20(30-3)9-7-18)27-11-12-28(21(29)16-27)19-14-25-26(2)15-19;/h6-9,14-15H,4-5,10-13,16-17H2,1-3H3,(H,23,24);1H. The number of methoxy groups -OCH3 is 1. The van der Waals surface area contributed by atoms with Gasteiger partial charge in [-0.2, -0.15) is 5.10 Å². The van der Waals surface area contributed by atoms with E-state index < -0.39 is 0 Å². The number of hydrogen-bond acceptors (Lipinski definition) is 5. The van der Waals surface area contributed by atoms with Gasteiger partial charge >= 0.3 is 0 Å². The molecule has 32 heavy (non-hydrogen) atoms. The molecule has 2 aromatic rings. The second kappa shape index (κ2) is 13.3. The fourth-order valence-electron chi connectivity index (χ4n) is 3.36. The number of anilines is 1. The number of nitrogens with zero attached hydrogens (tertiary/aromatic N) is 5. The lowest BCUT2D eigenvalue weighted by Crippen LogP contribution is -2.55. The van der Waals surface area contributed by atoms with Gasteiger partial charge in [0.15, 0.2) is 5.96 Å². The van der Waals surface area contributed by atoms with Crippen LogP contribution < -0.4 is 15.0 Å². The van der Waals surface area contributed by atoms with Gasteiger partial charge in [0.05, 0.1) is 25.6 Å². The zero-order valence-electron chi connectivity index (χ0n) is 19.0. The van der Waals surface area contributed by atoms with Gasteiger partial charge in [0.2, 0.25) is 5.91 Å². The number of nitrogens with one attached hydrogen (secondary N) is 1. The summed E-state index contributed by atoms with van der Waals surface area (Å²) >= 11 is 0. The number of hydrogen-bond donors (Lipinski definition) is 1. The second-order valence-electron chi connectivity index (χ2n) is 7.33. The average molecular weight is 556 g/mol. The molecule has 0 atom stereocenters. The Hall–Kier alpha value is -2.34. The maximum atomic E-state index is 12.6. The Kier molecular flexibility index (Phi) is 10.7. The lowest BCUT2D eigenvalue weighted by molar-refractivity contribution is -0.120. The highest BCUT2D eigenvalue weighted by atomic mass is 127. The number of ether oxygens (including phenoxy) is 2. The number of aliphatic imine (C=N–C) groups is 1. The van der Waals surface area contributed by atoms with Crippen LogP contribution in [0.5, 0.6) is 5.75 Å². The van der Waals surface area contributed by atoms with Crippen LogP contribution in [-0.4, -0.2) is 73.0 Å². The van der Waals surface area contributed by atoms with Crippen LogP contribution in [-0.2, 0) is 23.2 Å². The van der Waals surface area contributed by atoms with Gasteiger partial charge in [-0.05, 0) is 31.0 Å². The van der Waals surface area contributed by atoms with E-state index in [1.165, 1.54) is 0 Å². The van der Waals surface area contributed by atoms with Crippen molar-refractivity contribution in [2.75, 3.05) is 51.3 Å². The van der Waals surface area contributed by atoms with Crippen LogP contribution in [0.25, 0.3) is 0 Å². The molecule has 1 amide bonds. The minimum atomic E-state index is 0. The number of halogens is 1. The summed E-state index contributed by atoms with van der Waals surface area (Å²) in [5, 5.41) is 7.45. The Morgan fingerprint density at radius 1 is 1.25 bits per heavy atom. The van der Waals surface area contributed by atoms with Gasteiger partial charge < -0.3 is 24.6 Å². The summed E-state index contributed by atoms with van der Waals surface area (Å²) in [6, 6.07) is 7.87. The monoisotopic (exact) mass is 556 g/mol. The fraction of sp³-hybridized carbons (Fsp3) is 0.500. The normalized spacial score (nSPS) is 14.3. The smallest absolute Gasteiger partial charge is 0.246 e. The van der Waals surface area contributed by atoms with Crippen LogP contribution in [0.4, 0.5) is 5.69 Å². The number of carbonyl (C=O) groups excluding carboxylic acids is 1. The largest absolute Gasteiger partial charge is 0.497 e. The maximum Gasteiger partial charge on any atom is 0.246 e. The molecular weight excluding hydrogens is 523 g/mol. The lowest BCUT2D eigenvalue weighted by atomic mass is 10.2. The van der Waals surface area contributed by atoms with Crippen molar-refractivity contribution in [3.63, 3.8) is 0 Å². The van der Waals surface area contributed by atoms with E-state index in [1.54, 1.807) is 22.9 Å². The maximum absolute atomic E-state index is 12.6. The Morgan fingerprint density at radius 2 is 2.03 bits per heavy atom. The molecule has 1 aromatic heterocycles. The van der Waals surface area contributed by atoms with E-state index in [1.807, 2.05) is 49.3 Å². The first-order valence-electron chi connectivity index (χ1n) is 10.6. The minimum Gasteiger partial charge on any atom is -0.497 e. The third kappa shape index (κ3) is 7.37. The molecule has 0 spiro atoms. The highest BCUT2D eigenvalue weighted by Crippen LogP contribution is 2.16. The van der Waals surface area contributed by atoms with E-state index in [0.29, 0.717) is 32.8 Å². The van der Waals surface area contributed by atoms with Crippen molar-refractivity contribution < 1.29 is 14.3 Å². The quantitative estimate of drug-likeness (QED) is 0.221. The number of aromatic nitrogens is 2. The molecule has 0 saturated carbocycles. The molecule has 9 nitrogen and oxygen atoms in total. The van der Waals surface area contributed by atoms with E-state index in [2.05, 4.69) is 15.4 Å². The Bertz CT molecular complexity index is 871. The molecule has 1 saturated heterocycles. The van der Waals surface area contributed by atoms with Crippen molar-refractivity contribution in [2.45, 2.75) is 20.0 Å². The van der Waals surface area contributed by atoms with E-state index in [0.717, 1.165) is 42.5 Å². The molecule has 0 aliphatic carbocycles. The number of piperazine rings is 1. The fourth-order valence-corrected chi connectivity index (χ4v) is 3.36. The van der Waals surface area contributed by atoms with Crippen molar-refractivity contribution in [1.29, 1.82) is 0 Å². The molecule has 2 heterocycles. The number of aryl methyl sites for hydroxylation is 1. The first kappa shape index (κ1) is 25.9. The minimum absolute atomic E-state index is 0. The summed E-state index contributed by atoms with van der Waals surface area (Å²) in [5.41, 5.74) is 1.95. The van der Waals surface area contributed by atoms with Gasteiger partial charge in [0, 0.05) is 46.0 Å². The number of carbonyl (C=O) groups is 1. The van der Waals surface area contributed by atoms with Gasteiger partial charge in [0.25, 0.3) is 0 Å². The zero-order valence-corrected chi connectivity index (χ0v) is 21.3. The summed E-state index contributed by atoms with van der Waals surface area (Å²) in [6.45, 7) is 6.25. The van der Waals surface area contributed by atoms with Crippen molar-refractivity contribution in [3.05, 3.63) is 42.2 Å². The average Bonchev–Trinajstić information content (AvgIpc) is 3.21. The van der Waals surface area contributed by atoms with E-state index in [9.17, 15) is 4.79 Å². The zero-order chi connectivity index (χ0) is 22.1. The van der Waals surface area contributed by atoms with Crippen LogP contribution in [0, 0.1) is 0 Å². The molecular formula is C22H33IN6O3. The van der Waals surface area contributed by atoms with Gasteiger partial charge in [-0.3, -0.25) is 14.5 Å². The lowest BCUT2D eigenvalue weighted by Gasteiger charge is -2.35. The Balaban J connectivity index is 0.00000363. The van der Waals surface area contributed by atoms with Gasteiger partial charge in [-0.15, -0.1) is 24.0 Å². The summed E-state index contributed by atoms with van der Waals surface area (Å²) in [7, 11) is 3.51. The van der Waals surface area contributed by atoms with Crippen molar-refractivity contribution >= 4 is 41.5 Å². The van der Waals surface area contributed by atoms with Gasteiger partial charge in [-0.1, -0.05) is 12.1 Å². The second-order valence-corrected chi connectivity index (χ2v) is 7.33. The highest BCUT2D eigenvalue weighted by Gasteiger charge is 2.27. The molecule has 176 valence electrons. The van der Waals surface area contributed by atoms with Gasteiger partial charge in [-0.25, -0.2) is 0 Å². The number of benzene rings is 1. The van der Waals surface area contributed by atoms with Crippen LogP contribution in [0.1, 0.15) is 18.9 Å². The third-order valence-corrected chi connectivity index (χ3v) is 4.99. The summed E-state index contributed by atoms with van der Waals surface area (Å²) in [6.07, 6.45) is 4.40. The molecule has 1 aliphatic rings. The predicted octanol–water partition coefficient (Wildman–Crippen LogP) is 2.27. The summed E-state index contributed by atoms with van der Waals surface area (Å²) < 4.78 is 12.6. The third-order valence-electron chi connectivity index (χ3n) is 4.99. The number of rotatable bonds is 9. The Morgan fingerprint density at radius 3 is 2.66 bits per heavy atom. The van der Waals surface area contributed by atoms with Crippen LogP contribution in [0.15, 0.2) is 41.7 Å². The van der Waals surface area contributed by atoms with E-state index >= 15 is 0 Å². The van der Waals surface area contributed by atoms with Crippen molar-refractivity contribution in [1.82, 2.24) is 20.0 Å². The topological polar surface area (TPSA) is 84.2 Å². The predicted molar refractivity (Wildman–Crippen MR) is 136 cm³/mol. The number of guanidine groups is 1. The van der Waals surface area contributed by atoms with Crippen LogP contribution in [0.3, 0.4) is 0 Å². The Labute approximate surface area is 206 Å². The summed E-state index contributed by atoms with van der Waals surface area (Å²) in [4.78, 5) is 21.1. The molecule has 1 aromatic carbocycles.